The molecule has 3 heterocycles. The molecule has 2 amide bonds. The van der Waals surface area contributed by atoms with Crippen molar-refractivity contribution < 1.29 is 24.2 Å². The summed E-state index contributed by atoms with van der Waals surface area (Å²) in [6, 6.07) is 18.4. The van der Waals surface area contributed by atoms with Crippen LogP contribution in [0.25, 0.3) is 22.5 Å². The third-order valence-electron chi connectivity index (χ3n) is 7.97. The van der Waals surface area contributed by atoms with Gasteiger partial charge in [0.25, 0.3) is 5.91 Å². The molecule has 1 fully saturated rings. The quantitative estimate of drug-likeness (QED) is 0.176. The van der Waals surface area contributed by atoms with Crippen molar-refractivity contribution >= 4 is 29.1 Å². The first-order valence-electron chi connectivity index (χ1n) is 15.6. The number of carbonyl (C=O) groups is 3. The molecule has 0 spiro atoms. The molecule has 2 aromatic carbocycles. The van der Waals surface area contributed by atoms with Gasteiger partial charge >= 0.3 is 5.97 Å². The van der Waals surface area contributed by atoms with Crippen molar-refractivity contribution in [1.29, 1.82) is 0 Å². The van der Waals surface area contributed by atoms with Gasteiger partial charge in [-0.3, -0.25) is 14.4 Å². The first-order valence-corrected chi connectivity index (χ1v) is 16.4. The third kappa shape index (κ3) is 7.98. The predicted molar refractivity (Wildman–Crippen MR) is 179 cm³/mol. The Labute approximate surface area is 273 Å². The van der Waals surface area contributed by atoms with Crippen molar-refractivity contribution in [3.63, 3.8) is 0 Å². The van der Waals surface area contributed by atoms with E-state index < -0.39 is 17.9 Å². The van der Waals surface area contributed by atoms with E-state index in [1.54, 1.807) is 18.5 Å². The number of nitrogens with zero attached hydrogens (tertiary/aromatic N) is 3. The lowest BCUT2D eigenvalue weighted by Gasteiger charge is -2.38. The number of ether oxygens (including phenoxy) is 1. The van der Waals surface area contributed by atoms with Crippen LogP contribution >= 0.6 is 11.3 Å². The zero-order valence-electron chi connectivity index (χ0n) is 26.7. The van der Waals surface area contributed by atoms with Gasteiger partial charge in [0.1, 0.15) is 11.8 Å². The Morgan fingerprint density at radius 2 is 1.61 bits per heavy atom. The second kappa shape index (κ2) is 14.2. The number of likely N-dealkylation sites (tertiary alicyclic amines) is 1. The lowest BCUT2D eigenvalue weighted by Crippen LogP contribution is -2.59. The largest absolute Gasteiger partial charge is 0.494 e. The smallest absolute Gasteiger partial charge is 0.310 e. The molecular formula is C36H40N4O5S. The molecule has 1 atom stereocenters. The first-order chi connectivity index (χ1) is 22.0. The number of thiophene rings is 1. The van der Waals surface area contributed by atoms with Crippen LogP contribution in [0.2, 0.25) is 0 Å². The lowest BCUT2D eigenvalue weighted by atomic mass is 9.95. The van der Waals surface area contributed by atoms with Gasteiger partial charge in [-0.1, -0.05) is 70.5 Å². The molecule has 2 N–H and O–H groups in total. The van der Waals surface area contributed by atoms with Crippen LogP contribution < -0.4 is 10.1 Å². The number of benzene rings is 2. The van der Waals surface area contributed by atoms with Crippen LogP contribution in [0.3, 0.4) is 0 Å². The third-order valence-corrected chi connectivity index (χ3v) is 9.48. The molecule has 0 bridgehead atoms. The number of nitrogens with one attached hydrogen (secondary N) is 1. The number of hydrogen-bond donors (Lipinski definition) is 2. The summed E-state index contributed by atoms with van der Waals surface area (Å²) >= 11 is 1.41. The van der Waals surface area contributed by atoms with E-state index in [0.717, 1.165) is 45.7 Å². The van der Waals surface area contributed by atoms with Gasteiger partial charge < -0.3 is 20.1 Å². The summed E-state index contributed by atoms with van der Waals surface area (Å²) in [4.78, 5) is 50.3. The molecule has 1 aliphatic heterocycles. The predicted octanol–water partition coefficient (Wildman–Crippen LogP) is 6.23. The van der Waals surface area contributed by atoms with Gasteiger partial charge in [-0.15, -0.1) is 11.3 Å². The zero-order valence-corrected chi connectivity index (χ0v) is 27.5. The van der Waals surface area contributed by atoms with E-state index >= 15 is 0 Å². The summed E-state index contributed by atoms with van der Waals surface area (Å²) in [7, 11) is 0. The summed E-state index contributed by atoms with van der Waals surface area (Å²) in [5.74, 6) is -0.701. The Bertz CT molecular complexity index is 1650. The molecule has 5 rings (SSSR count). The minimum absolute atomic E-state index is 0.0950. The monoisotopic (exact) mass is 640 g/mol. The minimum atomic E-state index is -0.922. The standard InChI is InChI=1S/C36H40N4O5S/c1-5-6-17-45-28-13-11-24(12-14-28)26-19-37-32(38-20-26)25-9-7-23(8-10-25)18-29(34(42)40-21-27(22-40)35(43)44)39-33(41)30-15-16-31(46-30)36(2,3)4/h7-16,19-20,27,29H,5-6,17-18,21-22H2,1-4H3,(H,39,41)(H,43,44). The van der Waals surface area contributed by atoms with E-state index in [2.05, 4.69) is 43.0 Å². The van der Waals surface area contributed by atoms with Crippen molar-refractivity contribution in [2.45, 2.75) is 58.4 Å². The number of carbonyl (C=O) groups excluding carboxylic acids is 2. The zero-order chi connectivity index (χ0) is 32.8. The molecule has 0 radical (unpaired) electrons. The molecule has 9 nitrogen and oxygen atoms in total. The second-order valence-electron chi connectivity index (χ2n) is 12.6. The number of aromatic nitrogens is 2. The normalized spacial score (nSPS) is 14.0. The van der Waals surface area contributed by atoms with Crippen molar-refractivity contribution in [1.82, 2.24) is 20.2 Å². The van der Waals surface area contributed by atoms with Gasteiger partial charge in [0.15, 0.2) is 5.82 Å². The van der Waals surface area contributed by atoms with E-state index in [9.17, 15) is 19.5 Å². The highest BCUT2D eigenvalue weighted by atomic mass is 32.1. The molecular weight excluding hydrogens is 600 g/mol. The van der Waals surface area contributed by atoms with E-state index in [4.69, 9.17) is 4.74 Å². The van der Waals surface area contributed by atoms with Crippen LogP contribution in [0.5, 0.6) is 5.75 Å². The van der Waals surface area contributed by atoms with E-state index in [1.165, 1.54) is 16.2 Å². The van der Waals surface area contributed by atoms with Crippen LogP contribution in [0, 0.1) is 5.92 Å². The van der Waals surface area contributed by atoms with Crippen LogP contribution in [-0.2, 0) is 21.4 Å². The fourth-order valence-electron chi connectivity index (χ4n) is 5.06. The van der Waals surface area contributed by atoms with Crippen LogP contribution in [0.1, 0.15) is 60.6 Å². The number of carboxylic acid groups (broad SMARTS) is 1. The van der Waals surface area contributed by atoms with Gasteiger partial charge in [-0.2, -0.15) is 0 Å². The first kappa shape index (κ1) is 32.8. The summed E-state index contributed by atoms with van der Waals surface area (Å²) in [5, 5.41) is 12.2. The van der Waals surface area contributed by atoms with Gasteiger partial charge in [-0.25, -0.2) is 9.97 Å². The molecule has 1 saturated heterocycles. The highest BCUT2D eigenvalue weighted by molar-refractivity contribution is 7.14. The maximum absolute atomic E-state index is 13.4. The molecule has 10 heteroatoms. The molecule has 1 aliphatic rings. The van der Waals surface area contributed by atoms with Gasteiger partial charge in [0.05, 0.1) is 17.4 Å². The molecule has 0 aliphatic carbocycles. The molecule has 240 valence electrons. The van der Waals surface area contributed by atoms with Crippen molar-refractivity contribution in [2.24, 2.45) is 5.92 Å². The average Bonchev–Trinajstić information content (AvgIpc) is 3.53. The maximum Gasteiger partial charge on any atom is 0.310 e. The molecule has 46 heavy (non-hydrogen) atoms. The minimum Gasteiger partial charge on any atom is -0.494 e. The Balaban J connectivity index is 1.26. The number of aliphatic carboxylic acids is 1. The van der Waals surface area contributed by atoms with Crippen molar-refractivity contribution in [2.75, 3.05) is 19.7 Å². The Hall–Kier alpha value is -4.57. The SMILES string of the molecule is CCCCOc1ccc(-c2cnc(-c3ccc(CC(NC(=O)c4ccc(C(C)(C)C)s4)C(=O)N4CC(C(=O)O)C4)cc3)nc2)cc1. The lowest BCUT2D eigenvalue weighted by molar-refractivity contribution is -0.153. The van der Waals surface area contributed by atoms with Crippen molar-refractivity contribution in [3.05, 3.63) is 88.4 Å². The van der Waals surface area contributed by atoms with E-state index in [1.807, 2.05) is 54.6 Å². The number of rotatable bonds is 12. The van der Waals surface area contributed by atoms with Crippen LogP contribution in [0.4, 0.5) is 0 Å². The van der Waals surface area contributed by atoms with E-state index in [-0.39, 0.29) is 36.7 Å². The van der Waals surface area contributed by atoms with Gasteiger partial charge in [0.2, 0.25) is 5.91 Å². The van der Waals surface area contributed by atoms with Gasteiger partial charge in [0, 0.05) is 47.9 Å². The summed E-state index contributed by atoms with van der Waals surface area (Å²) in [6.45, 7) is 9.37. The second-order valence-corrected chi connectivity index (χ2v) is 13.7. The number of amides is 2. The average molecular weight is 641 g/mol. The highest BCUT2D eigenvalue weighted by Gasteiger charge is 2.39. The highest BCUT2D eigenvalue weighted by Crippen LogP contribution is 2.30. The number of unbranched alkanes of at least 4 members (excludes halogenated alkanes) is 1. The molecule has 4 aromatic rings. The Morgan fingerprint density at radius 1 is 0.957 bits per heavy atom. The molecule has 1 unspecified atom stereocenters. The summed E-state index contributed by atoms with van der Waals surface area (Å²) < 4.78 is 5.75. The maximum atomic E-state index is 13.4. The van der Waals surface area contributed by atoms with Gasteiger partial charge in [-0.05, 0) is 47.2 Å². The molecule has 2 aromatic heterocycles. The topological polar surface area (TPSA) is 122 Å². The van der Waals surface area contributed by atoms with Crippen LogP contribution in [-0.4, -0.2) is 63.5 Å². The van der Waals surface area contributed by atoms with Crippen molar-refractivity contribution in [3.8, 4) is 28.3 Å². The van der Waals surface area contributed by atoms with E-state index in [0.29, 0.717) is 17.3 Å². The summed E-state index contributed by atoms with van der Waals surface area (Å²) in [5.41, 5.74) is 3.47. The van der Waals surface area contributed by atoms with Crippen LogP contribution in [0.15, 0.2) is 73.1 Å². The number of carboxylic acids is 1. The Kier molecular flexibility index (Phi) is 10.2. The number of hydrogen-bond acceptors (Lipinski definition) is 7. The summed E-state index contributed by atoms with van der Waals surface area (Å²) in [6.07, 6.45) is 5.96. The Morgan fingerprint density at radius 3 is 2.20 bits per heavy atom. The fraction of sp³-hybridized carbons (Fsp3) is 0.361. The molecule has 0 saturated carbocycles. The fourth-order valence-corrected chi connectivity index (χ4v) is 6.02.